The van der Waals surface area contributed by atoms with E-state index in [9.17, 15) is 8.42 Å². The maximum absolute atomic E-state index is 11.3. The van der Waals surface area contributed by atoms with E-state index < -0.39 is 10.0 Å². The highest BCUT2D eigenvalue weighted by molar-refractivity contribution is 14.0. The number of methoxy groups -OCH3 is 2. The molecular formula is C19H27IN4O4S. The summed E-state index contributed by atoms with van der Waals surface area (Å²) in [5.41, 5.74) is 2.02. The van der Waals surface area contributed by atoms with Crippen molar-refractivity contribution in [2.75, 3.05) is 27.8 Å². The number of nitrogens with two attached hydrogens (primary N) is 1. The Kier molecular flexibility index (Phi) is 10.2. The smallest absolute Gasteiger partial charge is 0.238 e. The normalized spacial score (nSPS) is 11.4. The van der Waals surface area contributed by atoms with E-state index in [2.05, 4.69) is 15.6 Å². The van der Waals surface area contributed by atoms with Gasteiger partial charge in [-0.05, 0) is 41.8 Å². The van der Waals surface area contributed by atoms with Crippen LogP contribution in [-0.4, -0.2) is 42.2 Å². The van der Waals surface area contributed by atoms with Gasteiger partial charge in [-0.25, -0.2) is 13.6 Å². The maximum Gasteiger partial charge on any atom is 0.238 e. The third-order valence-electron chi connectivity index (χ3n) is 4.09. The van der Waals surface area contributed by atoms with E-state index in [1.54, 1.807) is 33.4 Å². The predicted molar refractivity (Wildman–Crippen MR) is 125 cm³/mol. The van der Waals surface area contributed by atoms with Crippen LogP contribution < -0.4 is 25.2 Å². The fourth-order valence-electron chi connectivity index (χ4n) is 2.56. The van der Waals surface area contributed by atoms with Crippen LogP contribution in [0.25, 0.3) is 0 Å². The van der Waals surface area contributed by atoms with Gasteiger partial charge in [-0.15, -0.1) is 24.0 Å². The molecule has 0 aromatic heterocycles. The van der Waals surface area contributed by atoms with Gasteiger partial charge in [-0.2, -0.15) is 0 Å². The molecule has 0 bridgehead atoms. The zero-order valence-corrected chi connectivity index (χ0v) is 19.8. The number of rotatable bonds is 8. The molecule has 2 aromatic rings. The molecule has 2 rings (SSSR count). The fourth-order valence-corrected chi connectivity index (χ4v) is 3.08. The Morgan fingerprint density at radius 2 is 1.62 bits per heavy atom. The van der Waals surface area contributed by atoms with Crippen molar-refractivity contribution in [2.45, 2.75) is 17.9 Å². The SMILES string of the molecule is CN=C(NCCc1ccc(OC)c(OC)c1)NCc1ccc(S(N)(=O)=O)cc1.I. The summed E-state index contributed by atoms with van der Waals surface area (Å²) in [6.07, 6.45) is 0.782. The van der Waals surface area contributed by atoms with Crippen molar-refractivity contribution >= 4 is 40.0 Å². The van der Waals surface area contributed by atoms with E-state index in [4.69, 9.17) is 14.6 Å². The summed E-state index contributed by atoms with van der Waals surface area (Å²) in [6, 6.07) is 12.2. The minimum atomic E-state index is -3.68. The maximum atomic E-state index is 11.3. The standard InChI is InChI=1S/C19H26N4O4S.HI/c1-21-19(23-13-15-4-7-16(8-5-15)28(20,24)25)22-11-10-14-6-9-17(26-2)18(12-14)27-3;/h4-9,12H,10-11,13H2,1-3H3,(H2,20,24,25)(H2,21,22,23);1H. The minimum absolute atomic E-state index is 0. The number of guanidine groups is 1. The van der Waals surface area contributed by atoms with Crippen molar-refractivity contribution in [3.05, 3.63) is 53.6 Å². The number of primary sulfonamides is 1. The van der Waals surface area contributed by atoms with E-state index in [1.165, 1.54) is 12.1 Å². The van der Waals surface area contributed by atoms with Gasteiger partial charge in [0.25, 0.3) is 0 Å². The molecule has 0 amide bonds. The second-order valence-corrected chi connectivity index (χ2v) is 7.54. The van der Waals surface area contributed by atoms with Crippen molar-refractivity contribution < 1.29 is 17.9 Å². The van der Waals surface area contributed by atoms with Gasteiger partial charge in [-0.3, -0.25) is 4.99 Å². The second-order valence-electron chi connectivity index (χ2n) is 5.98. The Balaban J connectivity index is 0.00000420. The number of sulfonamides is 1. The highest BCUT2D eigenvalue weighted by atomic mass is 127. The summed E-state index contributed by atoms with van der Waals surface area (Å²) in [5, 5.41) is 11.5. The first-order valence-electron chi connectivity index (χ1n) is 8.64. The topological polar surface area (TPSA) is 115 Å². The molecule has 4 N–H and O–H groups in total. The van der Waals surface area contributed by atoms with Gasteiger partial charge >= 0.3 is 0 Å². The number of benzene rings is 2. The highest BCUT2D eigenvalue weighted by Crippen LogP contribution is 2.27. The largest absolute Gasteiger partial charge is 0.493 e. The molecule has 0 saturated carbocycles. The first-order chi connectivity index (χ1) is 13.4. The number of hydrogen-bond donors (Lipinski definition) is 3. The molecule has 0 aliphatic heterocycles. The third kappa shape index (κ3) is 7.71. The number of halogens is 1. The van der Waals surface area contributed by atoms with Gasteiger partial charge in [0.1, 0.15) is 0 Å². The molecule has 0 aliphatic carbocycles. The van der Waals surface area contributed by atoms with Crippen LogP contribution in [0.3, 0.4) is 0 Å². The van der Waals surface area contributed by atoms with E-state index >= 15 is 0 Å². The lowest BCUT2D eigenvalue weighted by atomic mass is 10.1. The quantitative estimate of drug-likeness (QED) is 0.271. The molecule has 2 aromatic carbocycles. The second kappa shape index (κ2) is 11.8. The summed E-state index contributed by atoms with van der Waals surface area (Å²) in [6.45, 7) is 1.18. The first kappa shape index (κ1) is 25.0. The summed E-state index contributed by atoms with van der Waals surface area (Å²) in [7, 11) is 1.23. The van der Waals surface area contributed by atoms with Crippen molar-refractivity contribution in [1.29, 1.82) is 0 Å². The van der Waals surface area contributed by atoms with Gasteiger partial charge in [-0.1, -0.05) is 18.2 Å². The molecule has 0 heterocycles. The molecule has 0 atom stereocenters. The molecule has 0 radical (unpaired) electrons. The van der Waals surface area contributed by atoms with Crippen LogP contribution in [0.2, 0.25) is 0 Å². The van der Waals surface area contributed by atoms with E-state index in [-0.39, 0.29) is 28.9 Å². The number of aliphatic imine (C=N–C) groups is 1. The highest BCUT2D eigenvalue weighted by Gasteiger charge is 2.07. The molecule has 10 heteroatoms. The lowest BCUT2D eigenvalue weighted by Crippen LogP contribution is -2.37. The van der Waals surface area contributed by atoms with Gasteiger partial charge in [0.15, 0.2) is 17.5 Å². The van der Waals surface area contributed by atoms with Gasteiger partial charge in [0, 0.05) is 20.1 Å². The van der Waals surface area contributed by atoms with Crippen molar-refractivity contribution in [1.82, 2.24) is 10.6 Å². The van der Waals surface area contributed by atoms with Crippen LogP contribution in [0.5, 0.6) is 11.5 Å². The number of nitrogens with one attached hydrogen (secondary N) is 2. The Morgan fingerprint density at radius 3 is 2.17 bits per heavy atom. The van der Waals surface area contributed by atoms with Crippen LogP contribution in [0.15, 0.2) is 52.4 Å². The van der Waals surface area contributed by atoms with Crippen LogP contribution >= 0.6 is 24.0 Å². The summed E-state index contributed by atoms with van der Waals surface area (Å²) in [4.78, 5) is 4.28. The Morgan fingerprint density at radius 1 is 1.00 bits per heavy atom. The molecule has 8 nitrogen and oxygen atoms in total. The zero-order chi connectivity index (χ0) is 20.6. The zero-order valence-electron chi connectivity index (χ0n) is 16.6. The van der Waals surface area contributed by atoms with Gasteiger partial charge in [0.05, 0.1) is 19.1 Å². The molecule has 160 valence electrons. The molecule has 0 aliphatic rings. The Hall–Kier alpha value is -2.05. The van der Waals surface area contributed by atoms with Crippen LogP contribution in [0.4, 0.5) is 0 Å². The molecule has 29 heavy (non-hydrogen) atoms. The van der Waals surface area contributed by atoms with Crippen molar-refractivity contribution in [2.24, 2.45) is 10.1 Å². The number of nitrogens with zero attached hydrogens (tertiary/aromatic N) is 1. The predicted octanol–water partition coefficient (Wildman–Crippen LogP) is 1.88. The average molecular weight is 534 g/mol. The number of ether oxygens (including phenoxy) is 2. The van der Waals surface area contributed by atoms with Crippen molar-refractivity contribution in [3.8, 4) is 11.5 Å². The molecule has 0 fully saturated rings. The molecule has 0 saturated heterocycles. The van der Waals surface area contributed by atoms with Crippen LogP contribution in [0.1, 0.15) is 11.1 Å². The third-order valence-corrected chi connectivity index (χ3v) is 5.02. The Labute approximate surface area is 189 Å². The van der Waals surface area contributed by atoms with E-state index in [1.807, 2.05) is 18.2 Å². The monoisotopic (exact) mass is 534 g/mol. The van der Waals surface area contributed by atoms with E-state index in [0.29, 0.717) is 30.5 Å². The minimum Gasteiger partial charge on any atom is -0.493 e. The van der Waals surface area contributed by atoms with Crippen LogP contribution in [0, 0.1) is 0 Å². The lowest BCUT2D eigenvalue weighted by molar-refractivity contribution is 0.354. The summed E-state index contributed by atoms with van der Waals surface area (Å²) in [5.74, 6) is 2.05. The summed E-state index contributed by atoms with van der Waals surface area (Å²) >= 11 is 0. The van der Waals surface area contributed by atoms with Crippen molar-refractivity contribution in [3.63, 3.8) is 0 Å². The summed E-state index contributed by atoms with van der Waals surface area (Å²) < 4.78 is 33.1. The average Bonchev–Trinajstić information content (AvgIpc) is 2.70. The molecule has 0 spiro atoms. The first-order valence-corrected chi connectivity index (χ1v) is 10.2. The fraction of sp³-hybridized carbons (Fsp3) is 0.316. The van der Waals surface area contributed by atoms with E-state index in [0.717, 1.165) is 17.5 Å². The molecule has 0 unspecified atom stereocenters. The Bertz CT molecular complexity index is 918. The van der Waals surface area contributed by atoms with Gasteiger partial charge < -0.3 is 20.1 Å². The van der Waals surface area contributed by atoms with Crippen LogP contribution in [-0.2, 0) is 23.0 Å². The lowest BCUT2D eigenvalue weighted by Gasteiger charge is -2.13. The molecular weight excluding hydrogens is 507 g/mol. The number of hydrogen-bond acceptors (Lipinski definition) is 5. The van der Waals surface area contributed by atoms with Gasteiger partial charge in [0.2, 0.25) is 10.0 Å².